The maximum atomic E-state index is 13.1. The van der Waals surface area contributed by atoms with Gasteiger partial charge in [-0.05, 0) is 24.6 Å². The Bertz CT molecular complexity index is 511. The fourth-order valence-electron chi connectivity index (χ4n) is 1.44. The van der Waals surface area contributed by atoms with Crippen molar-refractivity contribution in [2.24, 2.45) is 0 Å². The predicted octanol–water partition coefficient (Wildman–Crippen LogP) is 3.01. The number of aryl methyl sites for hydroxylation is 1. The minimum Gasteiger partial charge on any atom is -0.207 e. The summed E-state index contributed by atoms with van der Waals surface area (Å²) < 4.78 is 38.2. The summed E-state index contributed by atoms with van der Waals surface area (Å²) in [5.74, 6) is -0.686. The van der Waals surface area contributed by atoms with Crippen molar-refractivity contribution in [3.8, 4) is 0 Å². The first-order chi connectivity index (χ1) is 7.09. The zero-order chi connectivity index (χ0) is 11.0. The number of fused-ring (bicyclic) bond motifs is 1. The highest BCUT2D eigenvalue weighted by molar-refractivity contribution is 5.84. The van der Waals surface area contributed by atoms with Crippen molar-refractivity contribution in [3.63, 3.8) is 0 Å². The third-order valence-corrected chi connectivity index (χ3v) is 2.17. The van der Waals surface area contributed by atoms with Crippen LogP contribution in [-0.4, -0.2) is 10.2 Å². The highest BCUT2D eigenvalue weighted by Gasteiger charge is 2.15. The molecule has 0 aliphatic carbocycles. The van der Waals surface area contributed by atoms with Crippen LogP contribution in [0.15, 0.2) is 18.3 Å². The average molecular weight is 212 g/mol. The largest absolute Gasteiger partial charge is 0.266 e. The van der Waals surface area contributed by atoms with Crippen molar-refractivity contribution < 1.29 is 13.2 Å². The molecule has 0 spiro atoms. The highest BCUT2D eigenvalue weighted by Crippen LogP contribution is 2.28. The Morgan fingerprint density at radius 2 is 2.00 bits per heavy atom. The first-order valence-electron chi connectivity index (χ1n) is 4.29. The van der Waals surface area contributed by atoms with Crippen molar-refractivity contribution in [1.29, 1.82) is 0 Å². The van der Waals surface area contributed by atoms with Crippen molar-refractivity contribution in [3.05, 3.63) is 35.3 Å². The third-order valence-electron chi connectivity index (χ3n) is 2.17. The normalized spacial score (nSPS) is 11.3. The highest BCUT2D eigenvalue weighted by atomic mass is 19.3. The van der Waals surface area contributed by atoms with Gasteiger partial charge in [0.15, 0.2) is 0 Å². The molecule has 0 radical (unpaired) electrons. The van der Waals surface area contributed by atoms with E-state index in [0.29, 0.717) is 10.9 Å². The summed E-state index contributed by atoms with van der Waals surface area (Å²) >= 11 is 0. The lowest BCUT2D eigenvalue weighted by Crippen LogP contribution is -1.95. The van der Waals surface area contributed by atoms with Crippen LogP contribution in [0.5, 0.6) is 0 Å². The molecule has 0 amide bonds. The van der Waals surface area contributed by atoms with Gasteiger partial charge in [-0.2, -0.15) is 10.2 Å². The molecule has 0 N–H and O–H groups in total. The van der Waals surface area contributed by atoms with Crippen LogP contribution >= 0.6 is 0 Å². The van der Waals surface area contributed by atoms with E-state index in [1.807, 2.05) is 0 Å². The molecule has 2 aromatic rings. The van der Waals surface area contributed by atoms with Gasteiger partial charge in [0.2, 0.25) is 0 Å². The molecular weight excluding hydrogens is 205 g/mol. The van der Waals surface area contributed by atoms with Gasteiger partial charge in [0.1, 0.15) is 11.3 Å². The summed E-state index contributed by atoms with van der Waals surface area (Å²) in [5, 5.41) is 7.56. The first-order valence-corrected chi connectivity index (χ1v) is 4.29. The first kappa shape index (κ1) is 9.89. The van der Waals surface area contributed by atoms with Crippen LogP contribution in [0, 0.1) is 12.7 Å². The van der Waals surface area contributed by atoms with E-state index in [1.165, 1.54) is 12.3 Å². The van der Waals surface area contributed by atoms with E-state index in [1.54, 1.807) is 6.92 Å². The Morgan fingerprint density at radius 3 is 2.67 bits per heavy atom. The van der Waals surface area contributed by atoms with Crippen molar-refractivity contribution in [2.45, 2.75) is 13.3 Å². The molecule has 15 heavy (non-hydrogen) atoms. The molecule has 1 aromatic heterocycles. The lowest BCUT2D eigenvalue weighted by molar-refractivity contribution is 0.152. The summed E-state index contributed by atoms with van der Waals surface area (Å²) in [5.41, 5.74) is 0.272. The fraction of sp³-hybridized carbons (Fsp3) is 0.200. The van der Waals surface area contributed by atoms with Crippen molar-refractivity contribution in [2.75, 3.05) is 0 Å². The fourth-order valence-corrected chi connectivity index (χ4v) is 1.44. The summed E-state index contributed by atoms with van der Waals surface area (Å²) in [4.78, 5) is 0. The maximum absolute atomic E-state index is 13.1. The molecule has 0 saturated heterocycles. The minimum absolute atomic E-state index is 0.0615. The lowest BCUT2D eigenvalue weighted by atomic mass is 10.1. The van der Waals surface area contributed by atoms with Gasteiger partial charge in [-0.1, -0.05) is 0 Å². The van der Waals surface area contributed by atoms with Crippen LogP contribution in [0.1, 0.15) is 17.6 Å². The molecule has 1 aromatic carbocycles. The van der Waals surface area contributed by atoms with E-state index >= 15 is 0 Å². The molecule has 1 heterocycles. The second kappa shape index (κ2) is 3.49. The number of hydrogen-bond acceptors (Lipinski definition) is 2. The average Bonchev–Trinajstić information content (AvgIpc) is 2.18. The van der Waals surface area contributed by atoms with Crippen LogP contribution < -0.4 is 0 Å². The Morgan fingerprint density at radius 1 is 1.27 bits per heavy atom. The summed E-state index contributed by atoms with van der Waals surface area (Å²) in [6.07, 6.45) is -1.34. The Kier molecular flexibility index (Phi) is 2.30. The summed E-state index contributed by atoms with van der Waals surface area (Å²) in [6.45, 7) is 1.67. The molecule has 0 unspecified atom stereocenters. The number of halogens is 3. The van der Waals surface area contributed by atoms with Crippen molar-refractivity contribution in [1.82, 2.24) is 10.2 Å². The third kappa shape index (κ3) is 1.65. The van der Waals surface area contributed by atoms with Crippen LogP contribution in [0.3, 0.4) is 0 Å². The zero-order valence-corrected chi connectivity index (χ0v) is 7.84. The van der Waals surface area contributed by atoms with Crippen LogP contribution in [0.25, 0.3) is 10.9 Å². The van der Waals surface area contributed by atoms with Gasteiger partial charge in [-0.25, -0.2) is 13.2 Å². The molecule has 2 nitrogen and oxygen atoms in total. The molecule has 2 rings (SSSR count). The molecule has 0 saturated carbocycles. The van der Waals surface area contributed by atoms with E-state index < -0.39 is 17.8 Å². The van der Waals surface area contributed by atoms with E-state index in [2.05, 4.69) is 10.2 Å². The van der Waals surface area contributed by atoms with E-state index in [-0.39, 0.29) is 5.52 Å². The van der Waals surface area contributed by atoms with Gasteiger partial charge in [0.25, 0.3) is 6.43 Å². The Labute approximate surface area is 83.7 Å². The smallest absolute Gasteiger partial charge is 0.207 e. The van der Waals surface area contributed by atoms with Gasteiger partial charge in [-0.15, -0.1) is 0 Å². The number of alkyl halides is 2. The molecule has 78 valence electrons. The molecule has 0 fully saturated rings. The summed E-state index contributed by atoms with van der Waals surface area (Å²) in [6, 6.07) is 1.98. The Hall–Kier alpha value is -1.65. The minimum atomic E-state index is -2.75. The molecule has 0 aliphatic rings. The zero-order valence-electron chi connectivity index (χ0n) is 7.84. The SMILES string of the molecule is Cc1cnnc2c(C(F)F)cc(F)cc12. The van der Waals surface area contributed by atoms with Gasteiger partial charge in [0, 0.05) is 10.9 Å². The molecular formula is C10H7F3N2. The topological polar surface area (TPSA) is 25.8 Å². The number of benzene rings is 1. The molecule has 0 atom stereocenters. The quantitative estimate of drug-likeness (QED) is 0.726. The number of nitrogens with zero attached hydrogens (tertiary/aromatic N) is 2. The molecule has 5 heteroatoms. The maximum Gasteiger partial charge on any atom is 0.266 e. The van der Waals surface area contributed by atoms with E-state index in [0.717, 1.165) is 6.07 Å². The van der Waals surface area contributed by atoms with Gasteiger partial charge in [0.05, 0.1) is 6.20 Å². The van der Waals surface area contributed by atoms with Gasteiger partial charge >= 0.3 is 0 Å². The van der Waals surface area contributed by atoms with Gasteiger partial charge in [-0.3, -0.25) is 0 Å². The lowest BCUT2D eigenvalue weighted by Gasteiger charge is -2.06. The van der Waals surface area contributed by atoms with Crippen LogP contribution in [-0.2, 0) is 0 Å². The van der Waals surface area contributed by atoms with Crippen LogP contribution in [0.2, 0.25) is 0 Å². The monoisotopic (exact) mass is 212 g/mol. The Balaban J connectivity index is 2.86. The van der Waals surface area contributed by atoms with Crippen molar-refractivity contribution >= 4 is 10.9 Å². The van der Waals surface area contributed by atoms with Crippen LogP contribution in [0.4, 0.5) is 13.2 Å². The number of hydrogen-bond donors (Lipinski definition) is 0. The van der Waals surface area contributed by atoms with Gasteiger partial charge < -0.3 is 0 Å². The number of aromatic nitrogens is 2. The van der Waals surface area contributed by atoms with E-state index in [9.17, 15) is 13.2 Å². The second-order valence-corrected chi connectivity index (χ2v) is 3.22. The summed E-state index contributed by atoms with van der Waals surface area (Å²) in [7, 11) is 0. The second-order valence-electron chi connectivity index (χ2n) is 3.22. The number of rotatable bonds is 1. The predicted molar refractivity (Wildman–Crippen MR) is 49.2 cm³/mol. The molecule has 0 aliphatic heterocycles. The van der Waals surface area contributed by atoms with E-state index in [4.69, 9.17) is 0 Å². The standard InChI is InChI=1S/C10H7F3N2/c1-5-4-14-15-9-7(5)2-6(11)3-8(9)10(12)13/h2-4,10H,1H3. The molecule has 0 bridgehead atoms.